The minimum Gasteiger partial charge on any atom is -0.486 e. The van der Waals surface area contributed by atoms with E-state index < -0.39 is 11.2 Å². The molecular weight excluding hydrogens is 326 g/mol. The first-order valence-electron chi connectivity index (χ1n) is 7.84. The Morgan fingerprint density at radius 2 is 1.96 bits per heavy atom. The Morgan fingerprint density at radius 3 is 2.72 bits per heavy atom. The van der Waals surface area contributed by atoms with Gasteiger partial charge >= 0.3 is 5.69 Å². The summed E-state index contributed by atoms with van der Waals surface area (Å²) in [6, 6.07) is 8.61. The molecule has 1 atom stereocenters. The highest BCUT2D eigenvalue weighted by molar-refractivity contribution is 5.75. The van der Waals surface area contributed by atoms with Crippen molar-refractivity contribution in [3.63, 3.8) is 0 Å². The molecule has 132 valence electrons. The van der Waals surface area contributed by atoms with Gasteiger partial charge in [0.2, 0.25) is 5.91 Å². The lowest BCUT2D eigenvalue weighted by molar-refractivity contribution is -0.132. The van der Waals surface area contributed by atoms with Crippen LogP contribution in [0.5, 0.6) is 11.5 Å². The molecule has 8 heteroatoms. The Bertz CT molecular complexity index is 902. The molecule has 0 radical (unpaired) electrons. The van der Waals surface area contributed by atoms with Crippen LogP contribution in [0, 0.1) is 0 Å². The normalized spacial score (nSPS) is 15.7. The average Bonchev–Trinajstić information content (AvgIpc) is 2.62. The van der Waals surface area contributed by atoms with Gasteiger partial charge in [-0.1, -0.05) is 12.1 Å². The van der Waals surface area contributed by atoms with Crippen molar-refractivity contribution in [1.29, 1.82) is 0 Å². The number of rotatable bonds is 4. The number of hydrogen-bond acceptors (Lipinski definition) is 5. The van der Waals surface area contributed by atoms with Gasteiger partial charge in [0.25, 0.3) is 5.56 Å². The predicted molar refractivity (Wildman–Crippen MR) is 89.9 cm³/mol. The molecule has 1 unspecified atom stereocenters. The van der Waals surface area contributed by atoms with E-state index in [1.165, 1.54) is 28.8 Å². The van der Waals surface area contributed by atoms with E-state index in [2.05, 4.69) is 0 Å². The number of hydrogen-bond donors (Lipinski definition) is 0. The van der Waals surface area contributed by atoms with E-state index in [4.69, 9.17) is 9.47 Å². The first kappa shape index (κ1) is 16.8. The lowest BCUT2D eigenvalue weighted by atomic mass is 10.2. The summed E-state index contributed by atoms with van der Waals surface area (Å²) < 4.78 is 13.6. The lowest BCUT2D eigenvalue weighted by Crippen LogP contribution is -2.44. The largest absolute Gasteiger partial charge is 0.486 e. The van der Waals surface area contributed by atoms with E-state index in [1.54, 1.807) is 7.05 Å². The third-order valence-electron chi connectivity index (χ3n) is 4.04. The molecule has 0 saturated carbocycles. The Hall–Kier alpha value is -3.03. The van der Waals surface area contributed by atoms with Crippen LogP contribution in [-0.4, -0.2) is 46.2 Å². The van der Waals surface area contributed by atoms with Crippen molar-refractivity contribution >= 4 is 5.91 Å². The van der Waals surface area contributed by atoms with Crippen LogP contribution in [0.15, 0.2) is 46.1 Å². The van der Waals surface area contributed by atoms with Crippen molar-refractivity contribution in [3.8, 4) is 11.5 Å². The molecule has 2 aromatic rings. The molecule has 1 aliphatic heterocycles. The van der Waals surface area contributed by atoms with Gasteiger partial charge in [-0.15, -0.1) is 0 Å². The number of aromatic nitrogens is 2. The Morgan fingerprint density at radius 1 is 1.24 bits per heavy atom. The highest BCUT2D eigenvalue weighted by atomic mass is 16.6. The lowest BCUT2D eigenvalue weighted by Gasteiger charge is -2.29. The number of ether oxygens (including phenoxy) is 2. The SMILES string of the molecule is CN(CC1COc2ccccc2O1)C(=O)Cn1ccc(=O)n(C)c1=O. The minimum absolute atomic E-state index is 0.145. The maximum atomic E-state index is 12.4. The second-order valence-electron chi connectivity index (χ2n) is 5.90. The number of likely N-dealkylation sites (N-methyl/N-ethyl adjacent to an activating group) is 1. The molecule has 0 bridgehead atoms. The second kappa shape index (κ2) is 6.84. The van der Waals surface area contributed by atoms with Crippen LogP contribution in [0.1, 0.15) is 0 Å². The number of benzene rings is 1. The Balaban J connectivity index is 1.63. The molecule has 8 nitrogen and oxygen atoms in total. The monoisotopic (exact) mass is 345 g/mol. The fraction of sp³-hybridized carbons (Fsp3) is 0.353. The fourth-order valence-electron chi connectivity index (χ4n) is 2.56. The molecule has 25 heavy (non-hydrogen) atoms. The third-order valence-corrected chi connectivity index (χ3v) is 4.04. The zero-order chi connectivity index (χ0) is 18.0. The Labute approximate surface area is 143 Å². The topological polar surface area (TPSA) is 82.8 Å². The van der Waals surface area contributed by atoms with E-state index in [-0.39, 0.29) is 18.6 Å². The van der Waals surface area contributed by atoms with Crippen molar-refractivity contribution in [2.75, 3.05) is 20.2 Å². The minimum atomic E-state index is -0.527. The number of amides is 1. The maximum Gasteiger partial charge on any atom is 0.331 e. The van der Waals surface area contributed by atoms with Gasteiger partial charge in [0, 0.05) is 26.4 Å². The number of nitrogens with zero attached hydrogens (tertiary/aromatic N) is 3. The molecule has 0 spiro atoms. The summed E-state index contributed by atoms with van der Waals surface area (Å²) >= 11 is 0. The fourth-order valence-corrected chi connectivity index (χ4v) is 2.56. The number of fused-ring (bicyclic) bond motifs is 1. The first-order chi connectivity index (χ1) is 12.0. The van der Waals surface area contributed by atoms with Gasteiger partial charge in [0.05, 0.1) is 6.54 Å². The summed E-state index contributed by atoms with van der Waals surface area (Å²) in [4.78, 5) is 37.2. The van der Waals surface area contributed by atoms with E-state index in [9.17, 15) is 14.4 Å². The van der Waals surface area contributed by atoms with Crippen molar-refractivity contribution in [2.45, 2.75) is 12.6 Å². The summed E-state index contributed by atoms with van der Waals surface area (Å²) in [5, 5.41) is 0. The highest BCUT2D eigenvalue weighted by Gasteiger charge is 2.23. The molecule has 1 amide bonds. The van der Waals surface area contributed by atoms with Crippen molar-refractivity contribution < 1.29 is 14.3 Å². The quantitative estimate of drug-likeness (QED) is 0.769. The molecule has 3 rings (SSSR count). The summed E-state index contributed by atoms with van der Waals surface area (Å²) in [5.41, 5.74) is -0.936. The van der Waals surface area contributed by atoms with Crippen molar-refractivity contribution in [3.05, 3.63) is 57.4 Å². The zero-order valence-electron chi connectivity index (χ0n) is 14.0. The van der Waals surface area contributed by atoms with Crippen LogP contribution in [0.25, 0.3) is 0 Å². The molecule has 1 aromatic heterocycles. The number of carbonyl (C=O) groups excluding carboxylic acids is 1. The van der Waals surface area contributed by atoms with Crippen LogP contribution in [0.2, 0.25) is 0 Å². The van der Waals surface area contributed by atoms with Gasteiger partial charge in [-0.25, -0.2) is 4.79 Å². The molecule has 2 heterocycles. The van der Waals surface area contributed by atoms with E-state index in [1.807, 2.05) is 24.3 Å². The molecule has 0 aliphatic carbocycles. The van der Waals surface area contributed by atoms with Crippen molar-refractivity contribution in [1.82, 2.24) is 14.0 Å². The maximum absolute atomic E-state index is 12.4. The molecular formula is C17H19N3O5. The van der Waals surface area contributed by atoms with E-state index in [0.717, 1.165) is 4.57 Å². The van der Waals surface area contributed by atoms with Crippen LogP contribution in [-0.2, 0) is 18.4 Å². The molecule has 1 aliphatic rings. The van der Waals surface area contributed by atoms with Crippen molar-refractivity contribution in [2.24, 2.45) is 7.05 Å². The first-order valence-corrected chi connectivity index (χ1v) is 7.84. The molecule has 0 saturated heterocycles. The predicted octanol–water partition coefficient (Wildman–Crippen LogP) is -0.155. The highest BCUT2D eigenvalue weighted by Crippen LogP contribution is 2.30. The van der Waals surface area contributed by atoms with Gasteiger partial charge in [-0.3, -0.25) is 18.7 Å². The summed E-state index contributed by atoms with van der Waals surface area (Å²) in [6.07, 6.45) is 1.04. The van der Waals surface area contributed by atoms with E-state index in [0.29, 0.717) is 24.7 Å². The van der Waals surface area contributed by atoms with Crippen LogP contribution in [0.4, 0.5) is 0 Å². The van der Waals surface area contributed by atoms with Crippen LogP contribution in [0.3, 0.4) is 0 Å². The second-order valence-corrected chi connectivity index (χ2v) is 5.90. The number of carbonyl (C=O) groups is 1. The number of para-hydroxylation sites is 2. The smallest absolute Gasteiger partial charge is 0.331 e. The molecule has 1 aromatic carbocycles. The zero-order valence-corrected chi connectivity index (χ0v) is 14.0. The van der Waals surface area contributed by atoms with Crippen LogP contribution >= 0.6 is 0 Å². The van der Waals surface area contributed by atoms with E-state index >= 15 is 0 Å². The average molecular weight is 345 g/mol. The summed E-state index contributed by atoms with van der Waals surface area (Å²) in [7, 11) is 3.01. The summed E-state index contributed by atoms with van der Waals surface area (Å²) in [5.74, 6) is 1.07. The molecule has 0 N–H and O–H groups in total. The van der Waals surface area contributed by atoms with Gasteiger partial charge in [-0.05, 0) is 12.1 Å². The van der Waals surface area contributed by atoms with Gasteiger partial charge in [0.1, 0.15) is 13.2 Å². The van der Waals surface area contributed by atoms with Gasteiger partial charge in [0.15, 0.2) is 17.6 Å². The Kier molecular flexibility index (Phi) is 4.60. The standard InChI is InChI=1S/C17H19N3O5/c1-18(9-12-11-24-13-5-3-4-6-14(13)25-12)16(22)10-20-8-7-15(21)19(2)17(20)23/h3-8,12H,9-11H2,1-2H3. The van der Waals surface area contributed by atoms with Gasteiger partial charge in [-0.2, -0.15) is 0 Å². The van der Waals surface area contributed by atoms with Crippen LogP contribution < -0.4 is 20.7 Å². The third kappa shape index (κ3) is 3.57. The summed E-state index contributed by atoms with van der Waals surface area (Å²) in [6.45, 7) is 0.524. The van der Waals surface area contributed by atoms with Gasteiger partial charge < -0.3 is 14.4 Å². The molecule has 0 fully saturated rings.